The molecule has 0 atom stereocenters. The van der Waals surface area contributed by atoms with Gasteiger partial charge in [-0.15, -0.1) is 11.8 Å². The molecule has 1 aromatic carbocycles. The molecule has 0 saturated carbocycles. The number of phenolic OH excluding ortho intramolecular Hbond substituents is 1. The summed E-state index contributed by atoms with van der Waals surface area (Å²) >= 11 is 1.75. The van der Waals surface area contributed by atoms with Gasteiger partial charge in [-0.25, -0.2) is 0 Å². The van der Waals surface area contributed by atoms with E-state index in [1.165, 1.54) is 25.7 Å². The fourth-order valence-corrected chi connectivity index (χ4v) is 2.25. The summed E-state index contributed by atoms with van der Waals surface area (Å²) in [7, 11) is 0. The van der Waals surface area contributed by atoms with E-state index in [2.05, 4.69) is 6.92 Å². The highest BCUT2D eigenvalue weighted by Crippen LogP contribution is 2.28. The van der Waals surface area contributed by atoms with Crippen LogP contribution in [0.25, 0.3) is 0 Å². The van der Waals surface area contributed by atoms with Gasteiger partial charge in [-0.05, 0) is 24.3 Å². The second kappa shape index (κ2) is 6.77. The molecular formula is C12H18OS. The molecule has 0 amide bonds. The van der Waals surface area contributed by atoms with Crippen molar-refractivity contribution in [2.45, 2.75) is 37.5 Å². The number of phenols is 1. The second-order valence-electron chi connectivity index (χ2n) is 3.38. The van der Waals surface area contributed by atoms with E-state index in [1.807, 2.05) is 18.2 Å². The Labute approximate surface area is 90.5 Å². The Morgan fingerprint density at radius 1 is 1.14 bits per heavy atom. The van der Waals surface area contributed by atoms with Gasteiger partial charge in [0.2, 0.25) is 0 Å². The molecule has 78 valence electrons. The first-order valence-electron chi connectivity index (χ1n) is 5.25. The van der Waals surface area contributed by atoms with Crippen LogP contribution in [0.4, 0.5) is 0 Å². The molecule has 0 fully saturated rings. The molecule has 0 aliphatic carbocycles. The van der Waals surface area contributed by atoms with Crippen molar-refractivity contribution in [1.29, 1.82) is 0 Å². The molecule has 1 rings (SSSR count). The third kappa shape index (κ3) is 4.05. The third-order valence-electron chi connectivity index (χ3n) is 2.12. The van der Waals surface area contributed by atoms with Crippen LogP contribution in [0.5, 0.6) is 5.75 Å². The molecular weight excluding hydrogens is 192 g/mol. The van der Waals surface area contributed by atoms with Gasteiger partial charge in [-0.2, -0.15) is 0 Å². The molecule has 1 aromatic rings. The molecule has 14 heavy (non-hydrogen) atoms. The van der Waals surface area contributed by atoms with E-state index in [0.717, 1.165) is 10.6 Å². The first-order chi connectivity index (χ1) is 6.84. The van der Waals surface area contributed by atoms with Crippen LogP contribution in [0.3, 0.4) is 0 Å². The van der Waals surface area contributed by atoms with E-state index in [1.54, 1.807) is 17.8 Å². The predicted octanol–water partition coefficient (Wildman–Crippen LogP) is 4.06. The number of hydrogen-bond donors (Lipinski definition) is 1. The molecule has 0 radical (unpaired) electrons. The molecule has 0 saturated heterocycles. The first-order valence-corrected chi connectivity index (χ1v) is 6.24. The minimum atomic E-state index is 0.410. The topological polar surface area (TPSA) is 20.2 Å². The fourth-order valence-electron chi connectivity index (χ4n) is 1.29. The summed E-state index contributed by atoms with van der Waals surface area (Å²) in [6, 6.07) is 7.54. The Bertz CT molecular complexity index is 260. The lowest BCUT2D eigenvalue weighted by Gasteiger charge is -2.03. The summed E-state index contributed by atoms with van der Waals surface area (Å²) in [6.45, 7) is 2.22. The largest absolute Gasteiger partial charge is 0.507 e. The highest BCUT2D eigenvalue weighted by atomic mass is 32.2. The van der Waals surface area contributed by atoms with E-state index in [9.17, 15) is 5.11 Å². The zero-order chi connectivity index (χ0) is 10.2. The fraction of sp³-hybridized carbons (Fsp3) is 0.500. The van der Waals surface area contributed by atoms with Crippen LogP contribution in [-0.4, -0.2) is 10.9 Å². The van der Waals surface area contributed by atoms with Crippen LogP contribution < -0.4 is 0 Å². The lowest BCUT2D eigenvalue weighted by molar-refractivity contribution is 0.462. The summed E-state index contributed by atoms with van der Waals surface area (Å²) in [4.78, 5) is 1.00. The van der Waals surface area contributed by atoms with Crippen LogP contribution in [0.15, 0.2) is 29.2 Å². The first kappa shape index (κ1) is 11.4. The minimum Gasteiger partial charge on any atom is -0.507 e. The van der Waals surface area contributed by atoms with Gasteiger partial charge in [0.25, 0.3) is 0 Å². The van der Waals surface area contributed by atoms with E-state index < -0.39 is 0 Å². The smallest absolute Gasteiger partial charge is 0.129 e. The van der Waals surface area contributed by atoms with E-state index in [-0.39, 0.29) is 0 Å². The lowest BCUT2D eigenvalue weighted by Crippen LogP contribution is -1.81. The molecule has 0 aromatic heterocycles. The highest BCUT2D eigenvalue weighted by Gasteiger charge is 1.98. The molecule has 0 spiro atoms. The van der Waals surface area contributed by atoms with E-state index in [0.29, 0.717) is 5.75 Å². The number of aromatic hydroxyl groups is 1. The second-order valence-corrected chi connectivity index (χ2v) is 4.51. The molecule has 2 heteroatoms. The van der Waals surface area contributed by atoms with Crippen molar-refractivity contribution in [2.24, 2.45) is 0 Å². The van der Waals surface area contributed by atoms with Gasteiger partial charge >= 0.3 is 0 Å². The van der Waals surface area contributed by atoms with Gasteiger partial charge in [0, 0.05) is 4.90 Å². The quantitative estimate of drug-likeness (QED) is 0.564. The Balaban J connectivity index is 2.21. The van der Waals surface area contributed by atoms with Crippen molar-refractivity contribution in [3.05, 3.63) is 24.3 Å². The predicted molar refractivity (Wildman–Crippen MR) is 63.0 cm³/mol. The standard InChI is InChI=1S/C12H18OS/c1-2-3-4-7-10-14-12-9-6-5-8-11(12)13/h5-6,8-9,13H,2-4,7,10H2,1H3. The van der Waals surface area contributed by atoms with Crippen LogP contribution in [-0.2, 0) is 0 Å². The number of unbranched alkanes of at least 4 members (excludes halogenated alkanes) is 3. The molecule has 1 nitrogen and oxygen atoms in total. The molecule has 0 aliphatic rings. The van der Waals surface area contributed by atoms with Crippen LogP contribution >= 0.6 is 11.8 Å². The Morgan fingerprint density at radius 2 is 1.93 bits per heavy atom. The van der Waals surface area contributed by atoms with Crippen LogP contribution in [0.2, 0.25) is 0 Å². The Hall–Kier alpha value is -0.630. The normalized spacial score (nSPS) is 10.4. The minimum absolute atomic E-state index is 0.410. The summed E-state index contributed by atoms with van der Waals surface area (Å²) in [6.07, 6.45) is 5.15. The summed E-state index contributed by atoms with van der Waals surface area (Å²) in [5, 5.41) is 9.49. The van der Waals surface area contributed by atoms with Gasteiger partial charge in [0.05, 0.1) is 0 Å². The van der Waals surface area contributed by atoms with Gasteiger partial charge in [-0.3, -0.25) is 0 Å². The van der Waals surface area contributed by atoms with Crippen molar-refractivity contribution in [1.82, 2.24) is 0 Å². The van der Waals surface area contributed by atoms with Crippen molar-refractivity contribution in [3.63, 3.8) is 0 Å². The summed E-state index contributed by atoms with van der Waals surface area (Å²) in [5.41, 5.74) is 0. The zero-order valence-electron chi connectivity index (χ0n) is 8.70. The highest BCUT2D eigenvalue weighted by molar-refractivity contribution is 7.99. The number of thioether (sulfide) groups is 1. The average Bonchev–Trinajstić information content (AvgIpc) is 2.20. The van der Waals surface area contributed by atoms with Crippen molar-refractivity contribution in [3.8, 4) is 5.75 Å². The number of para-hydroxylation sites is 1. The van der Waals surface area contributed by atoms with Crippen LogP contribution in [0, 0.1) is 0 Å². The molecule has 0 bridgehead atoms. The third-order valence-corrected chi connectivity index (χ3v) is 3.27. The number of benzene rings is 1. The molecule has 0 heterocycles. The average molecular weight is 210 g/mol. The molecule has 1 N–H and O–H groups in total. The summed E-state index contributed by atoms with van der Waals surface area (Å²) in [5.74, 6) is 1.52. The van der Waals surface area contributed by atoms with Crippen molar-refractivity contribution >= 4 is 11.8 Å². The van der Waals surface area contributed by atoms with Crippen molar-refractivity contribution in [2.75, 3.05) is 5.75 Å². The molecule has 0 aliphatic heterocycles. The summed E-state index contributed by atoms with van der Waals surface area (Å²) < 4.78 is 0. The number of hydrogen-bond acceptors (Lipinski definition) is 2. The number of rotatable bonds is 6. The maximum atomic E-state index is 9.49. The Morgan fingerprint density at radius 3 is 2.64 bits per heavy atom. The van der Waals surface area contributed by atoms with Gasteiger partial charge in [0.15, 0.2) is 0 Å². The Kier molecular flexibility index (Phi) is 5.53. The van der Waals surface area contributed by atoms with Crippen molar-refractivity contribution < 1.29 is 5.11 Å². The van der Waals surface area contributed by atoms with E-state index in [4.69, 9.17) is 0 Å². The maximum absolute atomic E-state index is 9.49. The zero-order valence-corrected chi connectivity index (χ0v) is 9.52. The lowest BCUT2D eigenvalue weighted by atomic mass is 10.2. The van der Waals surface area contributed by atoms with E-state index >= 15 is 0 Å². The van der Waals surface area contributed by atoms with Crippen LogP contribution in [0.1, 0.15) is 32.6 Å². The monoisotopic (exact) mass is 210 g/mol. The van der Waals surface area contributed by atoms with Gasteiger partial charge in [-0.1, -0.05) is 38.3 Å². The van der Waals surface area contributed by atoms with Gasteiger partial charge < -0.3 is 5.11 Å². The maximum Gasteiger partial charge on any atom is 0.129 e. The molecule has 0 unspecified atom stereocenters. The SMILES string of the molecule is CCCCCCSc1ccccc1O. The van der Waals surface area contributed by atoms with Gasteiger partial charge in [0.1, 0.15) is 5.75 Å².